The summed E-state index contributed by atoms with van der Waals surface area (Å²) < 4.78 is 9.71. The van der Waals surface area contributed by atoms with Crippen LogP contribution >= 0.6 is 11.3 Å². The molecule has 1 heterocycles. The number of hydrogen-bond donors (Lipinski definition) is 2. The summed E-state index contributed by atoms with van der Waals surface area (Å²) in [5.74, 6) is -0.709. The first-order valence-electron chi connectivity index (χ1n) is 5.72. The van der Waals surface area contributed by atoms with E-state index < -0.39 is 5.97 Å². The molecule has 0 spiro atoms. The highest BCUT2D eigenvalue weighted by molar-refractivity contribution is 7.12. The van der Waals surface area contributed by atoms with E-state index in [1.165, 1.54) is 25.6 Å². The zero-order chi connectivity index (χ0) is 14.4. The van der Waals surface area contributed by atoms with Crippen molar-refractivity contribution in [1.82, 2.24) is 0 Å². The summed E-state index contributed by atoms with van der Waals surface area (Å²) in [6.45, 7) is 2.08. The summed E-state index contributed by atoms with van der Waals surface area (Å²) in [6.07, 6.45) is -0.191. The van der Waals surface area contributed by atoms with E-state index in [0.717, 1.165) is 5.56 Å². The average Bonchev–Trinajstić information content (AvgIpc) is 2.76. The number of ether oxygens (including phenoxy) is 2. The van der Waals surface area contributed by atoms with Crippen molar-refractivity contribution in [2.75, 3.05) is 26.1 Å². The van der Waals surface area contributed by atoms with Crippen LogP contribution in [0, 0.1) is 6.92 Å². The van der Waals surface area contributed by atoms with E-state index in [9.17, 15) is 9.59 Å². The van der Waals surface area contributed by atoms with Crippen LogP contribution in [-0.2, 0) is 14.3 Å². The van der Waals surface area contributed by atoms with Crippen LogP contribution in [0.1, 0.15) is 21.7 Å². The minimum atomic E-state index is -0.462. The number of anilines is 1. The number of aryl methyl sites for hydroxylation is 1. The van der Waals surface area contributed by atoms with Crippen LogP contribution in [-0.4, -0.2) is 38.7 Å². The molecule has 1 aromatic rings. The Morgan fingerprint density at radius 3 is 2.68 bits per heavy atom. The minimum Gasteiger partial charge on any atom is -0.465 e. The lowest BCUT2D eigenvalue weighted by Gasteiger charge is -2.13. The molecule has 1 amide bonds. The third-order valence-corrected chi connectivity index (χ3v) is 3.70. The Balaban J connectivity index is 2.79. The number of nitrogens with two attached hydrogens (primary N) is 1. The van der Waals surface area contributed by atoms with E-state index in [0.29, 0.717) is 10.6 Å². The largest absolute Gasteiger partial charge is 0.465 e. The van der Waals surface area contributed by atoms with Crippen molar-refractivity contribution < 1.29 is 19.1 Å². The topological polar surface area (TPSA) is 90.7 Å². The monoisotopic (exact) mass is 286 g/mol. The van der Waals surface area contributed by atoms with Crippen molar-refractivity contribution in [2.24, 2.45) is 5.73 Å². The van der Waals surface area contributed by atoms with Gasteiger partial charge in [0, 0.05) is 13.7 Å². The molecule has 1 aromatic heterocycles. The second kappa shape index (κ2) is 7.22. The lowest BCUT2D eigenvalue weighted by Crippen LogP contribution is -2.28. The van der Waals surface area contributed by atoms with Gasteiger partial charge in [-0.1, -0.05) is 0 Å². The lowest BCUT2D eigenvalue weighted by atomic mass is 10.2. The maximum Gasteiger partial charge on any atom is 0.350 e. The molecule has 0 saturated carbocycles. The molecule has 0 radical (unpaired) electrons. The minimum absolute atomic E-state index is 0.142. The molecule has 0 saturated heterocycles. The quantitative estimate of drug-likeness (QED) is 0.765. The number of esters is 1. The van der Waals surface area contributed by atoms with Gasteiger partial charge in [-0.25, -0.2) is 4.79 Å². The zero-order valence-corrected chi connectivity index (χ0v) is 12.0. The van der Waals surface area contributed by atoms with Crippen LogP contribution in [0.25, 0.3) is 0 Å². The van der Waals surface area contributed by atoms with Crippen molar-refractivity contribution in [3.8, 4) is 0 Å². The van der Waals surface area contributed by atoms with Crippen LogP contribution in [0.5, 0.6) is 0 Å². The SMILES string of the molecule is COC(=O)c1scc(C)c1NC(=O)CC(CN)OC. The van der Waals surface area contributed by atoms with Crippen LogP contribution < -0.4 is 11.1 Å². The number of rotatable bonds is 6. The first kappa shape index (κ1) is 15.6. The smallest absolute Gasteiger partial charge is 0.350 e. The van der Waals surface area contributed by atoms with Crippen LogP contribution in [0.15, 0.2) is 5.38 Å². The summed E-state index contributed by atoms with van der Waals surface area (Å²) >= 11 is 1.24. The predicted molar refractivity (Wildman–Crippen MR) is 73.5 cm³/mol. The molecule has 6 nitrogen and oxygen atoms in total. The van der Waals surface area contributed by atoms with Crippen LogP contribution in [0.4, 0.5) is 5.69 Å². The third kappa shape index (κ3) is 4.02. The average molecular weight is 286 g/mol. The van der Waals surface area contributed by atoms with Gasteiger partial charge in [0.1, 0.15) is 4.88 Å². The third-order valence-electron chi connectivity index (χ3n) is 2.62. The van der Waals surface area contributed by atoms with Crippen molar-refractivity contribution in [3.05, 3.63) is 15.8 Å². The Bertz CT molecular complexity index is 455. The molecular weight excluding hydrogens is 268 g/mol. The van der Waals surface area contributed by atoms with Gasteiger partial charge in [0.05, 0.1) is 25.3 Å². The second-order valence-corrected chi connectivity index (χ2v) is 4.84. The van der Waals surface area contributed by atoms with Gasteiger partial charge in [0.15, 0.2) is 0 Å². The summed E-state index contributed by atoms with van der Waals surface area (Å²) in [7, 11) is 2.80. The van der Waals surface area contributed by atoms with E-state index in [1.54, 1.807) is 5.38 Å². The normalized spacial score (nSPS) is 12.0. The molecule has 0 aromatic carbocycles. The molecule has 0 aliphatic carbocycles. The van der Waals surface area contributed by atoms with Crippen molar-refractivity contribution in [3.63, 3.8) is 0 Å². The Hall–Kier alpha value is -1.44. The molecule has 0 bridgehead atoms. The van der Waals surface area contributed by atoms with Gasteiger partial charge in [-0.2, -0.15) is 0 Å². The number of hydrogen-bond acceptors (Lipinski definition) is 6. The Kier molecular flexibility index (Phi) is 5.94. The summed E-state index contributed by atoms with van der Waals surface area (Å²) in [4.78, 5) is 23.8. The van der Waals surface area contributed by atoms with E-state index in [-0.39, 0.29) is 25.0 Å². The maximum absolute atomic E-state index is 11.9. The highest BCUT2D eigenvalue weighted by Crippen LogP contribution is 2.28. The molecule has 0 aliphatic rings. The first-order valence-corrected chi connectivity index (χ1v) is 6.60. The standard InChI is InChI=1S/C12H18N2O4S/c1-7-6-19-11(12(16)18-3)10(7)14-9(15)4-8(5-13)17-2/h6,8H,4-5,13H2,1-3H3,(H,14,15). The number of thiophene rings is 1. The van der Waals surface area contributed by atoms with Gasteiger partial charge >= 0.3 is 5.97 Å². The van der Waals surface area contributed by atoms with Gasteiger partial charge in [-0.3, -0.25) is 4.79 Å². The fourth-order valence-corrected chi connectivity index (χ4v) is 2.42. The van der Waals surface area contributed by atoms with E-state index in [2.05, 4.69) is 10.1 Å². The molecule has 7 heteroatoms. The molecule has 1 rings (SSSR count). The van der Waals surface area contributed by atoms with Crippen molar-refractivity contribution >= 4 is 28.9 Å². The van der Waals surface area contributed by atoms with E-state index in [4.69, 9.17) is 10.5 Å². The zero-order valence-electron chi connectivity index (χ0n) is 11.2. The first-order chi connectivity index (χ1) is 9.03. The number of carbonyl (C=O) groups excluding carboxylic acids is 2. The van der Waals surface area contributed by atoms with E-state index in [1.807, 2.05) is 6.92 Å². The molecule has 0 aliphatic heterocycles. The van der Waals surface area contributed by atoms with Gasteiger partial charge in [-0.05, 0) is 17.9 Å². The number of methoxy groups -OCH3 is 2. The molecule has 0 fully saturated rings. The molecule has 106 valence electrons. The number of nitrogens with one attached hydrogen (secondary N) is 1. The Labute approximate surface area is 115 Å². The van der Waals surface area contributed by atoms with Gasteiger partial charge in [0.25, 0.3) is 0 Å². The summed E-state index contributed by atoms with van der Waals surface area (Å²) in [5, 5.41) is 4.50. The van der Waals surface area contributed by atoms with Crippen molar-refractivity contribution in [2.45, 2.75) is 19.4 Å². The number of carbonyl (C=O) groups is 2. The summed E-state index contributed by atoms with van der Waals surface area (Å²) in [6, 6.07) is 0. The second-order valence-electron chi connectivity index (χ2n) is 3.96. The van der Waals surface area contributed by atoms with Crippen LogP contribution in [0.2, 0.25) is 0 Å². The lowest BCUT2D eigenvalue weighted by molar-refractivity contribution is -0.118. The Morgan fingerprint density at radius 2 is 2.16 bits per heavy atom. The molecular formula is C12H18N2O4S. The van der Waals surface area contributed by atoms with Gasteiger partial charge in [0.2, 0.25) is 5.91 Å². The number of amides is 1. The molecule has 3 N–H and O–H groups in total. The highest BCUT2D eigenvalue weighted by atomic mass is 32.1. The molecule has 1 unspecified atom stereocenters. The molecule has 1 atom stereocenters. The predicted octanol–water partition coefficient (Wildman–Crippen LogP) is 1.15. The summed E-state index contributed by atoms with van der Waals surface area (Å²) in [5.41, 5.74) is 6.77. The Morgan fingerprint density at radius 1 is 1.47 bits per heavy atom. The van der Waals surface area contributed by atoms with Gasteiger partial charge in [-0.15, -0.1) is 11.3 Å². The van der Waals surface area contributed by atoms with Gasteiger partial charge < -0.3 is 20.5 Å². The molecule has 19 heavy (non-hydrogen) atoms. The van der Waals surface area contributed by atoms with E-state index >= 15 is 0 Å². The van der Waals surface area contributed by atoms with Crippen LogP contribution in [0.3, 0.4) is 0 Å². The fraction of sp³-hybridized carbons (Fsp3) is 0.500. The maximum atomic E-state index is 11.9. The fourth-order valence-electron chi connectivity index (χ4n) is 1.50. The van der Waals surface area contributed by atoms with Crippen molar-refractivity contribution in [1.29, 1.82) is 0 Å². The highest BCUT2D eigenvalue weighted by Gasteiger charge is 2.20.